The molecule has 0 radical (unpaired) electrons. The molecule has 3 N–H and O–H groups in total. The largest absolute Gasteiger partial charge is 0.506 e. The van der Waals surface area contributed by atoms with Gasteiger partial charge in [0.15, 0.2) is 0 Å². The van der Waals surface area contributed by atoms with E-state index in [1.807, 2.05) is 0 Å². The van der Waals surface area contributed by atoms with Crippen LogP contribution in [0.1, 0.15) is 27.7 Å². The maximum atomic E-state index is 11.8. The third-order valence-electron chi connectivity index (χ3n) is 2.81. The van der Waals surface area contributed by atoms with Crippen molar-refractivity contribution in [2.24, 2.45) is 7.05 Å². The van der Waals surface area contributed by atoms with Crippen LogP contribution in [-0.2, 0) is 11.8 Å². The van der Waals surface area contributed by atoms with Crippen molar-refractivity contribution in [2.45, 2.75) is 6.10 Å². The molecule has 0 amide bonds. The first-order valence-corrected chi connectivity index (χ1v) is 5.44. The summed E-state index contributed by atoms with van der Waals surface area (Å²) in [6.07, 6.45) is 0.0928. The summed E-state index contributed by atoms with van der Waals surface area (Å²) < 4.78 is 1.31. The van der Waals surface area contributed by atoms with Gasteiger partial charge in [0.25, 0.3) is 5.78 Å². The van der Waals surface area contributed by atoms with E-state index in [2.05, 4.69) is 0 Å². The van der Waals surface area contributed by atoms with Crippen molar-refractivity contribution in [2.75, 3.05) is 6.61 Å². The van der Waals surface area contributed by atoms with Gasteiger partial charge in [-0.1, -0.05) is 11.6 Å². The molecule has 0 fully saturated rings. The van der Waals surface area contributed by atoms with Crippen molar-refractivity contribution < 1.29 is 24.9 Å². The van der Waals surface area contributed by atoms with Crippen molar-refractivity contribution in [3.63, 3.8) is 0 Å². The van der Waals surface area contributed by atoms with E-state index in [4.69, 9.17) is 16.7 Å². The second-order valence-electron chi connectivity index (χ2n) is 3.94. The third kappa shape index (κ3) is 1.58. The lowest BCUT2D eigenvalue weighted by molar-refractivity contribution is -0.111. The van der Waals surface area contributed by atoms with Gasteiger partial charge in [0.05, 0.1) is 12.2 Å². The molecule has 1 atom stereocenters. The van der Waals surface area contributed by atoms with Gasteiger partial charge in [-0.15, -0.1) is 0 Å². The van der Waals surface area contributed by atoms with E-state index in [-0.39, 0.29) is 16.8 Å². The van der Waals surface area contributed by atoms with Gasteiger partial charge in [0.1, 0.15) is 22.6 Å². The number of fused-ring (bicyclic) bond motifs is 1. The Morgan fingerprint density at radius 2 is 2.00 bits per heavy atom. The number of Topliss-reactive ketones (excluding diaryl/α,β-unsaturated/α-hetero) is 2. The molecule has 96 valence electrons. The third-order valence-corrected chi connectivity index (χ3v) is 3.16. The Hall–Kier alpha value is -1.63. The molecule has 1 aromatic heterocycles. The normalized spacial score (nSPS) is 17.1. The molecule has 1 aliphatic carbocycles. The lowest BCUT2D eigenvalue weighted by atomic mass is 9.95. The SMILES string of the molecule is Cn1cc(C(O)CO)c2c1C(=O)C(=O)C(Cl)=C2O. The van der Waals surface area contributed by atoms with Gasteiger partial charge in [-0.2, -0.15) is 0 Å². The van der Waals surface area contributed by atoms with Crippen molar-refractivity contribution >= 4 is 28.9 Å². The summed E-state index contributed by atoms with van der Waals surface area (Å²) in [4.78, 5) is 23.2. The van der Waals surface area contributed by atoms with Crippen LogP contribution in [0, 0.1) is 0 Å². The number of rotatable bonds is 2. The van der Waals surface area contributed by atoms with Gasteiger partial charge in [-0.3, -0.25) is 9.59 Å². The molecular weight excluding hydrogens is 262 g/mol. The minimum atomic E-state index is -1.27. The lowest BCUT2D eigenvalue weighted by Gasteiger charge is -2.14. The van der Waals surface area contributed by atoms with Gasteiger partial charge < -0.3 is 19.9 Å². The minimum Gasteiger partial charge on any atom is -0.506 e. The van der Waals surface area contributed by atoms with Gasteiger partial charge >= 0.3 is 0 Å². The molecule has 1 heterocycles. The number of hydrogen-bond acceptors (Lipinski definition) is 5. The molecule has 7 heteroatoms. The van der Waals surface area contributed by atoms with Crippen LogP contribution in [0.5, 0.6) is 0 Å². The number of aromatic nitrogens is 1. The Morgan fingerprint density at radius 1 is 1.39 bits per heavy atom. The van der Waals surface area contributed by atoms with E-state index in [0.29, 0.717) is 0 Å². The number of allylic oxidation sites excluding steroid dienone is 1. The fourth-order valence-corrected chi connectivity index (χ4v) is 2.13. The second kappa shape index (κ2) is 4.24. The summed E-state index contributed by atoms with van der Waals surface area (Å²) in [5.74, 6) is -2.40. The number of aliphatic hydroxyl groups is 3. The van der Waals surface area contributed by atoms with E-state index in [9.17, 15) is 19.8 Å². The summed E-state index contributed by atoms with van der Waals surface area (Å²) in [6, 6.07) is 0. The minimum absolute atomic E-state index is 0.00588. The smallest absolute Gasteiger partial charge is 0.251 e. The highest BCUT2D eigenvalue weighted by Gasteiger charge is 2.37. The van der Waals surface area contributed by atoms with E-state index in [1.165, 1.54) is 17.8 Å². The van der Waals surface area contributed by atoms with Gasteiger partial charge in [0, 0.05) is 18.8 Å². The summed E-state index contributed by atoms with van der Waals surface area (Å²) in [7, 11) is 1.49. The first-order valence-electron chi connectivity index (χ1n) is 5.06. The van der Waals surface area contributed by atoms with Crippen molar-refractivity contribution in [1.29, 1.82) is 0 Å². The predicted octanol–water partition coefficient (Wildman–Crippen LogP) is 0.282. The van der Waals surface area contributed by atoms with Gasteiger partial charge in [0.2, 0.25) is 5.78 Å². The Bertz CT molecular complexity index is 586. The average molecular weight is 272 g/mol. The molecule has 6 nitrogen and oxygen atoms in total. The number of carbonyl (C=O) groups is 2. The van der Waals surface area contributed by atoms with Crippen molar-refractivity contribution in [3.05, 3.63) is 28.0 Å². The quantitative estimate of drug-likeness (QED) is 0.671. The zero-order valence-corrected chi connectivity index (χ0v) is 10.1. The second-order valence-corrected chi connectivity index (χ2v) is 4.32. The average Bonchev–Trinajstić information content (AvgIpc) is 2.70. The zero-order valence-electron chi connectivity index (χ0n) is 9.35. The molecule has 1 unspecified atom stereocenters. The maximum Gasteiger partial charge on any atom is 0.251 e. The number of aliphatic hydroxyl groups excluding tert-OH is 3. The number of ketones is 2. The highest BCUT2D eigenvalue weighted by atomic mass is 35.5. The molecule has 0 aromatic carbocycles. The number of carbonyl (C=O) groups excluding carboxylic acids is 2. The summed E-state index contributed by atoms with van der Waals surface area (Å²) in [5.41, 5.74) is 0.0875. The fourth-order valence-electron chi connectivity index (χ4n) is 1.95. The standard InChI is InChI=1S/C11H10ClNO5/c1-13-2-4(5(15)3-14)6-8(13)11(18)10(17)7(12)9(6)16/h2,5,14-16H,3H2,1H3. The zero-order chi connectivity index (χ0) is 13.6. The summed E-state index contributed by atoms with van der Waals surface area (Å²) in [5, 5.41) is 27.8. The number of halogens is 1. The predicted molar refractivity (Wildman–Crippen MR) is 62.2 cm³/mol. The topological polar surface area (TPSA) is 99.8 Å². The van der Waals surface area contributed by atoms with Crippen LogP contribution in [0.4, 0.5) is 0 Å². The summed E-state index contributed by atoms with van der Waals surface area (Å²) >= 11 is 5.58. The molecule has 0 bridgehead atoms. The van der Waals surface area contributed by atoms with E-state index in [1.54, 1.807) is 0 Å². The maximum absolute atomic E-state index is 11.8. The highest BCUT2D eigenvalue weighted by Crippen LogP contribution is 2.35. The molecule has 18 heavy (non-hydrogen) atoms. The molecule has 0 saturated carbocycles. The Labute approximate surface area is 107 Å². The first kappa shape index (κ1) is 12.8. The molecule has 0 saturated heterocycles. The van der Waals surface area contributed by atoms with Gasteiger partial charge in [-0.25, -0.2) is 0 Å². The van der Waals surface area contributed by atoms with Crippen LogP contribution < -0.4 is 0 Å². The molecule has 0 spiro atoms. The van der Waals surface area contributed by atoms with Crippen LogP contribution in [0.3, 0.4) is 0 Å². The van der Waals surface area contributed by atoms with Crippen LogP contribution in [0.2, 0.25) is 0 Å². The Morgan fingerprint density at radius 3 is 2.56 bits per heavy atom. The first-order chi connectivity index (χ1) is 8.40. The van der Waals surface area contributed by atoms with Crippen molar-refractivity contribution in [1.82, 2.24) is 4.57 Å². The van der Waals surface area contributed by atoms with Crippen LogP contribution in [0.15, 0.2) is 11.2 Å². The van der Waals surface area contributed by atoms with Crippen LogP contribution >= 0.6 is 11.6 Å². The van der Waals surface area contributed by atoms with E-state index < -0.39 is 35.1 Å². The van der Waals surface area contributed by atoms with Crippen LogP contribution in [0.25, 0.3) is 5.76 Å². The lowest BCUT2D eigenvalue weighted by Crippen LogP contribution is -2.24. The molecule has 0 aliphatic heterocycles. The summed E-state index contributed by atoms with van der Waals surface area (Å²) in [6.45, 7) is -0.580. The molecule has 2 rings (SSSR count). The number of nitrogens with zero attached hydrogens (tertiary/aromatic N) is 1. The molecule has 1 aromatic rings. The van der Waals surface area contributed by atoms with Crippen LogP contribution in [-0.4, -0.2) is 38.1 Å². The Kier molecular flexibility index (Phi) is 3.02. The van der Waals surface area contributed by atoms with E-state index in [0.717, 1.165) is 0 Å². The van der Waals surface area contributed by atoms with E-state index >= 15 is 0 Å². The highest BCUT2D eigenvalue weighted by molar-refractivity contribution is 6.63. The van der Waals surface area contributed by atoms with Crippen molar-refractivity contribution in [3.8, 4) is 0 Å². The molecule has 1 aliphatic rings. The monoisotopic (exact) mass is 271 g/mol. The fraction of sp³-hybridized carbons (Fsp3) is 0.273. The number of hydrogen-bond donors (Lipinski definition) is 3. The van der Waals surface area contributed by atoms with Gasteiger partial charge in [-0.05, 0) is 0 Å². The number of aryl methyl sites for hydroxylation is 1. The molecular formula is C11H10ClNO5. The Balaban J connectivity index is 2.77.